The van der Waals surface area contributed by atoms with E-state index in [2.05, 4.69) is 15.6 Å². The zero-order valence-corrected chi connectivity index (χ0v) is 21.3. The second kappa shape index (κ2) is 10.5. The number of ether oxygens (including phenoxy) is 1. The molecular weight excluding hydrogens is 468 g/mol. The molecule has 9 heteroatoms. The normalized spacial score (nSPS) is 11.1. The number of methoxy groups -OCH3 is 1. The monoisotopic (exact) mass is 498 g/mol. The lowest BCUT2D eigenvalue weighted by Crippen LogP contribution is -2.25. The van der Waals surface area contributed by atoms with Crippen molar-refractivity contribution in [3.05, 3.63) is 83.9 Å². The molecule has 0 spiro atoms. The molecule has 37 heavy (non-hydrogen) atoms. The topological polar surface area (TPSA) is 124 Å². The van der Waals surface area contributed by atoms with Gasteiger partial charge in [-0.1, -0.05) is 48.5 Å². The Bertz CT molecular complexity index is 1410. The van der Waals surface area contributed by atoms with E-state index in [1.165, 1.54) is 7.11 Å². The number of rotatable bonds is 8. The highest BCUT2D eigenvalue weighted by molar-refractivity contribution is 6.04. The van der Waals surface area contributed by atoms with Gasteiger partial charge in [0.1, 0.15) is 22.9 Å². The second-order valence-electron chi connectivity index (χ2n) is 9.50. The molecule has 2 heterocycles. The van der Waals surface area contributed by atoms with Crippen molar-refractivity contribution in [3.63, 3.8) is 0 Å². The third kappa shape index (κ3) is 5.95. The van der Waals surface area contributed by atoms with Gasteiger partial charge in [-0.2, -0.15) is 10.1 Å². The summed E-state index contributed by atoms with van der Waals surface area (Å²) in [5, 5.41) is 10.9. The molecule has 0 aliphatic carbocycles. The largest absolute Gasteiger partial charge is 0.481 e. The molecular formula is C28H30N6O3. The summed E-state index contributed by atoms with van der Waals surface area (Å²) in [5.41, 5.74) is 8.29. The van der Waals surface area contributed by atoms with E-state index in [-0.39, 0.29) is 17.9 Å². The molecule has 0 bridgehead atoms. The average Bonchev–Trinajstić information content (AvgIpc) is 3.25. The van der Waals surface area contributed by atoms with E-state index in [1.807, 2.05) is 51.1 Å². The number of hydrogen-bond donors (Lipinski definition) is 3. The van der Waals surface area contributed by atoms with Crippen molar-refractivity contribution in [2.24, 2.45) is 5.73 Å². The number of nitrogens with zero attached hydrogens (tertiary/aromatic N) is 3. The minimum atomic E-state index is -0.629. The lowest BCUT2D eigenvalue weighted by atomic mass is 10.1. The number of aromatic nitrogens is 3. The number of nitrogens with one attached hydrogen (secondary N) is 2. The lowest BCUT2D eigenvalue weighted by Gasteiger charge is -2.23. The molecule has 190 valence electrons. The predicted molar refractivity (Wildman–Crippen MR) is 144 cm³/mol. The van der Waals surface area contributed by atoms with E-state index in [0.29, 0.717) is 34.5 Å². The summed E-state index contributed by atoms with van der Waals surface area (Å²) < 4.78 is 6.94. The number of carbonyl (C=O) groups excluding carboxylic acids is 2. The van der Waals surface area contributed by atoms with Crippen molar-refractivity contribution < 1.29 is 14.3 Å². The Labute approximate surface area is 215 Å². The summed E-state index contributed by atoms with van der Waals surface area (Å²) in [7, 11) is 1.53. The Hall–Kier alpha value is -4.66. The van der Waals surface area contributed by atoms with Crippen LogP contribution in [0.4, 0.5) is 17.3 Å². The van der Waals surface area contributed by atoms with E-state index >= 15 is 0 Å². The number of anilines is 3. The van der Waals surface area contributed by atoms with Crippen molar-refractivity contribution in [2.75, 3.05) is 17.7 Å². The number of pyridine rings is 1. The quantitative estimate of drug-likeness (QED) is 0.323. The van der Waals surface area contributed by atoms with Gasteiger partial charge in [-0.15, -0.1) is 0 Å². The highest BCUT2D eigenvalue weighted by Crippen LogP contribution is 2.34. The van der Waals surface area contributed by atoms with Gasteiger partial charge >= 0.3 is 0 Å². The number of amides is 2. The van der Waals surface area contributed by atoms with Gasteiger partial charge in [0.15, 0.2) is 0 Å². The van der Waals surface area contributed by atoms with E-state index in [0.717, 1.165) is 5.56 Å². The fourth-order valence-electron chi connectivity index (χ4n) is 3.87. The molecule has 2 amide bonds. The number of primary amides is 1. The van der Waals surface area contributed by atoms with E-state index in [1.54, 1.807) is 47.1 Å². The Morgan fingerprint density at radius 3 is 2.30 bits per heavy atom. The Balaban J connectivity index is 1.66. The van der Waals surface area contributed by atoms with E-state index < -0.39 is 11.4 Å². The first kappa shape index (κ1) is 25.4. The highest BCUT2D eigenvalue weighted by atomic mass is 16.5. The predicted octanol–water partition coefficient (Wildman–Crippen LogP) is 4.73. The fraction of sp³-hybridized carbons (Fsp3) is 0.214. The second-order valence-corrected chi connectivity index (χ2v) is 9.50. The standard InChI is InChI=1S/C28H30N6O3/c1-28(2,3)34-27(32-21-11-8-12-23(31-21)37-4)24(26(29)36)25(33-34)19-13-15-20(16-14-19)30-22(35)17-18-9-6-5-7-10-18/h5-16H,17H2,1-4H3,(H2,29,36)(H,30,35)(H,31,32). The lowest BCUT2D eigenvalue weighted by molar-refractivity contribution is -0.115. The Morgan fingerprint density at radius 1 is 0.973 bits per heavy atom. The van der Waals surface area contributed by atoms with Crippen molar-refractivity contribution in [1.29, 1.82) is 0 Å². The molecule has 0 aliphatic rings. The summed E-state index contributed by atoms with van der Waals surface area (Å²) in [4.78, 5) is 29.5. The first-order valence-electron chi connectivity index (χ1n) is 11.8. The van der Waals surface area contributed by atoms with Crippen molar-refractivity contribution in [1.82, 2.24) is 14.8 Å². The zero-order valence-electron chi connectivity index (χ0n) is 21.3. The van der Waals surface area contributed by atoms with Crippen LogP contribution in [0, 0.1) is 0 Å². The van der Waals surface area contributed by atoms with Crippen LogP contribution in [0.2, 0.25) is 0 Å². The van der Waals surface area contributed by atoms with E-state index in [4.69, 9.17) is 15.6 Å². The molecule has 0 saturated carbocycles. The van der Waals surface area contributed by atoms with Crippen LogP contribution in [-0.2, 0) is 16.8 Å². The van der Waals surface area contributed by atoms with Crippen LogP contribution < -0.4 is 21.1 Å². The summed E-state index contributed by atoms with van der Waals surface area (Å²) in [5.74, 6) is 0.589. The van der Waals surface area contributed by atoms with Gasteiger partial charge in [0, 0.05) is 17.3 Å². The highest BCUT2D eigenvalue weighted by Gasteiger charge is 2.29. The van der Waals surface area contributed by atoms with Crippen LogP contribution in [-0.4, -0.2) is 33.7 Å². The SMILES string of the molecule is COc1cccc(Nc2c(C(N)=O)c(-c3ccc(NC(=O)Cc4ccccc4)cc3)nn2C(C)(C)C)n1. The molecule has 2 aromatic carbocycles. The molecule has 0 unspecified atom stereocenters. The van der Waals surface area contributed by atoms with Crippen LogP contribution in [0.15, 0.2) is 72.8 Å². The molecule has 4 N–H and O–H groups in total. The molecule has 0 aliphatic heterocycles. The maximum atomic E-state index is 12.7. The third-order valence-corrected chi connectivity index (χ3v) is 5.60. The molecule has 0 fully saturated rings. The smallest absolute Gasteiger partial charge is 0.254 e. The van der Waals surface area contributed by atoms with Crippen LogP contribution in [0.3, 0.4) is 0 Å². The van der Waals surface area contributed by atoms with Crippen LogP contribution in [0.25, 0.3) is 11.3 Å². The Morgan fingerprint density at radius 2 is 1.68 bits per heavy atom. The van der Waals surface area contributed by atoms with Gasteiger partial charge in [-0.3, -0.25) is 9.59 Å². The number of hydrogen-bond acceptors (Lipinski definition) is 6. The maximum absolute atomic E-state index is 12.7. The minimum Gasteiger partial charge on any atom is -0.481 e. The number of nitrogens with two attached hydrogens (primary N) is 1. The van der Waals surface area contributed by atoms with Gasteiger partial charge in [-0.25, -0.2) is 4.68 Å². The third-order valence-electron chi connectivity index (χ3n) is 5.60. The molecule has 4 rings (SSSR count). The zero-order chi connectivity index (χ0) is 26.6. The maximum Gasteiger partial charge on any atom is 0.254 e. The van der Waals surface area contributed by atoms with Gasteiger partial charge in [0.2, 0.25) is 11.8 Å². The molecule has 0 atom stereocenters. The Kier molecular flexibility index (Phi) is 7.24. The molecule has 9 nitrogen and oxygen atoms in total. The summed E-state index contributed by atoms with van der Waals surface area (Å²) in [6, 6.07) is 22.0. The van der Waals surface area contributed by atoms with Crippen LogP contribution >= 0.6 is 0 Å². The van der Waals surface area contributed by atoms with Gasteiger partial charge in [0.05, 0.1) is 19.1 Å². The van der Waals surface area contributed by atoms with Crippen molar-refractivity contribution in [3.8, 4) is 17.1 Å². The fourth-order valence-corrected chi connectivity index (χ4v) is 3.87. The average molecular weight is 499 g/mol. The van der Waals surface area contributed by atoms with Gasteiger partial charge in [0.25, 0.3) is 5.91 Å². The van der Waals surface area contributed by atoms with Crippen molar-refractivity contribution >= 4 is 29.1 Å². The van der Waals surface area contributed by atoms with E-state index in [9.17, 15) is 9.59 Å². The molecule has 0 radical (unpaired) electrons. The summed E-state index contributed by atoms with van der Waals surface area (Å²) in [6.45, 7) is 5.93. The molecule has 4 aromatic rings. The molecule has 0 saturated heterocycles. The first-order chi connectivity index (χ1) is 17.7. The van der Waals surface area contributed by atoms with Crippen LogP contribution in [0.1, 0.15) is 36.7 Å². The summed E-state index contributed by atoms with van der Waals surface area (Å²) >= 11 is 0. The van der Waals surface area contributed by atoms with Crippen LogP contribution in [0.5, 0.6) is 5.88 Å². The van der Waals surface area contributed by atoms with Crippen molar-refractivity contribution in [2.45, 2.75) is 32.7 Å². The summed E-state index contributed by atoms with van der Waals surface area (Å²) in [6.07, 6.45) is 0.276. The number of benzene rings is 2. The first-order valence-corrected chi connectivity index (χ1v) is 11.8. The van der Waals surface area contributed by atoms with Gasteiger partial charge in [-0.05, 0) is 44.5 Å². The minimum absolute atomic E-state index is 0.119. The molecule has 2 aromatic heterocycles. The van der Waals surface area contributed by atoms with Gasteiger partial charge < -0.3 is 21.1 Å². The number of carbonyl (C=O) groups is 2.